The topological polar surface area (TPSA) is 55.0 Å². The minimum Gasteiger partial charge on any atom is -0.408 e. The van der Waals surface area contributed by atoms with Gasteiger partial charge in [-0.1, -0.05) is 18.2 Å². The molecule has 1 aromatic carbocycles. The summed E-state index contributed by atoms with van der Waals surface area (Å²) >= 11 is 0. The first kappa shape index (κ1) is 9.84. The lowest BCUT2D eigenvalue weighted by molar-refractivity contribution is -0.132. The van der Waals surface area contributed by atoms with E-state index in [1.54, 1.807) is 12.3 Å². The van der Waals surface area contributed by atoms with E-state index in [1.165, 1.54) is 6.92 Å². The molecule has 0 aliphatic carbocycles. The third-order valence-corrected chi connectivity index (χ3v) is 2.61. The third kappa shape index (κ3) is 1.63. The van der Waals surface area contributed by atoms with Crippen LogP contribution in [0.3, 0.4) is 0 Å². The number of para-hydroxylation sites is 1. The molecular weight excluding hydrogens is 216 g/mol. The van der Waals surface area contributed by atoms with Crippen LogP contribution in [0.2, 0.25) is 0 Å². The van der Waals surface area contributed by atoms with Gasteiger partial charge in [0.2, 0.25) is 5.88 Å². The first-order valence-electron chi connectivity index (χ1n) is 5.29. The van der Waals surface area contributed by atoms with Gasteiger partial charge in [-0.2, -0.15) is 0 Å². The van der Waals surface area contributed by atoms with Gasteiger partial charge in [-0.05, 0) is 6.07 Å². The van der Waals surface area contributed by atoms with Gasteiger partial charge in [-0.15, -0.1) is 0 Å². The second kappa shape index (κ2) is 3.59. The van der Waals surface area contributed by atoms with Crippen LogP contribution in [0, 0.1) is 0 Å². The van der Waals surface area contributed by atoms with E-state index in [9.17, 15) is 4.79 Å². The third-order valence-electron chi connectivity index (χ3n) is 2.61. The number of fused-ring (bicyclic) bond motifs is 3. The van der Waals surface area contributed by atoms with Crippen LogP contribution in [-0.2, 0) is 4.79 Å². The molecule has 0 radical (unpaired) electrons. The molecule has 0 fully saturated rings. The first-order chi connectivity index (χ1) is 8.24. The number of esters is 1. The number of carbonyl (C=O) groups is 1. The maximum Gasteiger partial charge on any atom is 0.309 e. The van der Waals surface area contributed by atoms with Gasteiger partial charge in [0.25, 0.3) is 0 Å². The molecule has 2 heterocycles. The zero-order valence-corrected chi connectivity index (χ0v) is 9.23. The number of hydrogen-bond acceptors (Lipinski definition) is 3. The first-order valence-corrected chi connectivity index (χ1v) is 5.29. The molecule has 4 nitrogen and oxygen atoms in total. The Bertz CT molecular complexity index is 716. The van der Waals surface area contributed by atoms with Crippen molar-refractivity contribution in [3.63, 3.8) is 0 Å². The Morgan fingerprint density at radius 3 is 2.88 bits per heavy atom. The monoisotopic (exact) mass is 226 g/mol. The standard InChI is InChI=1S/C13H10N2O2/c1-8(16)17-13-6-10-9-4-2-3-5-11(9)15-12(10)7-14-13/h2-7,15H,1H3. The molecule has 0 saturated carbocycles. The summed E-state index contributed by atoms with van der Waals surface area (Å²) in [7, 11) is 0. The van der Waals surface area contributed by atoms with Crippen molar-refractivity contribution in [2.24, 2.45) is 0 Å². The van der Waals surface area contributed by atoms with E-state index in [2.05, 4.69) is 9.97 Å². The van der Waals surface area contributed by atoms with E-state index in [0.717, 1.165) is 21.8 Å². The van der Waals surface area contributed by atoms with E-state index in [4.69, 9.17) is 4.74 Å². The molecule has 3 rings (SSSR count). The minimum absolute atomic E-state index is 0.328. The molecule has 3 aromatic rings. The van der Waals surface area contributed by atoms with Crippen LogP contribution in [0.1, 0.15) is 6.92 Å². The van der Waals surface area contributed by atoms with Gasteiger partial charge in [0.05, 0.1) is 11.7 Å². The summed E-state index contributed by atoms with van der Waals surface area (Å²) in [6.07, 6.45) is 1.67. The van der Waals surface area contributed by atoms with Crippen molar-refractivity contribution in [1.82, 2.24) is 9.97 Å². The number of nitrogens with one attached hydrogen (secondary N) is 1. The van der Waals surface area contributed by atoms with E-state index >= 15 is 0 Å². The highest BCUT2D eigenvalue weighted by molar-refractivity contribution is 6.07. The average Bonchev–Trinajstić information content (AvgIpc) is 2.66. The van der Waals surface area contributed by atoms with Gasteiger partial charge in [-0.25, -0.2) is 4.98 Å². The number of benzene rings is 1. The highest BCUT2D eigenvalue weighted by Gasteiger charge is 2.06. The van der Waals surface area contributed by atoms with Crippen molar-refractivity contribution in [2.75, 3.05) is 0 Å². The predicted molar refractivity (Wildman–Crippen MR) is 64.9 cm³/mol. The Labute approximate surface area is 97.2 Å². The summed E-state index contributed by atoms with van der Waals surface area (Å²) in [5.74, 6) is -0.0357. The lowest BCUT2D eigenvalue weighted by atomic mass is 10.2. The van der Waals surface area contributed by atoms with Crippen molar-refractivity contribution in [1.29, 1.82) is 0 Å². The molecule has 1 N–H and O–H groups in total. The predicted octanol–water partition coefficient (Wildman–Crippen LogP) is 2.64. The molecule has 0 aliphatic heterocycles. The SMILES string of the molecule is CC(=O)Oc1cc2c(cn1)[nH]c1ccccc12. The zero-order chi connectivity index (χ0) is 11.8. The fourth-order valence-corrected chi connectivity index (χ4v) is 1.93. The molecule has 0 bridgehead atoms. The molecule has 2 aromatic heterocycles. The van der Waals surface area contributed by atoms with Gasteiger partial charge in [0.15, 0.2) is 0 Å². The summed E-state index contributed by atoms with van der Waals surface area (Å²) in [6, 6.07) is 9.74. The zero-order valence-electron chi connectivity index (χ0n) is 9.23. The summed E-state index contributed by atoms with van der Waals surface area (Å²) in [4.78, 5) is 18.2. The van der Waals surface area contributed by atoms with Crippen LogP contribution in [-0.4, -0.2) is 15.9 Å². The van der Waals surface area contributed by atoms with Crippen molar-refractivity contribution < 1.29 is 9.53 Å². The fraction of sp³-hybridized carbons (Fsp3) is 0.0769. The molecule has 0 spiro atoms. The van der Waals surface area contributed by atoms with Crippen LogP contribution in [0.4, 0.5) is 0 Å². The van der Waals surface area contributed by atoms with Crippen molar-refractivity contribution in [3.8, 4) is 5.88 Å². The van der Waals surface area contributed by atoms with Crippen molar-refractivity contribution in [2.45, 2.75) is 6.92 Å². The number of carbonyl (C=O) groups excluding carboxylic acids is 1. The Kier molecular flexibility index (Phi) is 2.08. The highest BCUT2D eigenvalue weighted by atomic mass is 16.5. The number of hydrogen-bond donors (Lipinski definition) is 1. The van der Waals surface area contributed by atoms with Crippen molar-refractivity contribution >= 4 is 27.8 Å². The number of ether oxygens (including phenoxy) is 1. The molecule has 4 heteroatoms. The van der Waals surface area contributed by atoms with Crippen LogP contribution >= 0.6 is 0 Å². The van der Waals surface area contributed by atoms with Gasteiger partial charge < -0.3 is 9.72 Å². The summed E-state index contributed by atoms with van der Waals surface area (Å²) < 4.78 is 4.98. The second-order valence-electron chi connectivity index (χ2n) is 3.83. The molecule has 0 unspecified atom stereocenters. The van der Waals surface area contributed by atoms with Crippen LogP contribution in [0.25, 0.3) is 21.8 Å². The largest absolute Gasteiger partial charge is 0.408 e. The average molecular weight is 226 g/mol. The van der Waals surface area contributed by atoms with E-state index in [0.29, 0.717) is 5.88 Å². The molecule has 17 heavy (non-hydrogen) atoms. The molecule has 0 saturated heterocycles. The number of rotatable bonds is 1. The van der Waals surface area contributed by atoms with E-state index < -0.39 is 0 Å². The van der Waals surface area contributed by atoms with Gasteiger partial charge in [0, 0.05) is 29.3 Å². The van der Waals surface area contributed by atoms with Crippen LogP contribution in [0.5, 0.6) is 5.88 Å². The summed E-state index contributed by atoms with van der Waals surface area (Å²) in [5, 5.41) is 2.10. The number of aromatic nitrogens is 2. The molecular formula is C13H10N2O2. The Balaban J connectivity index is 2.26. The Morgan fingerprint density at radius 2 is 2.06 bits per heavy atom. The smallest absolute Gasteiger partial charge is 0.309 e. The molecule has 0 atom stereocenters. The minimum atomic E-state index is -0.364. The summed E-state index contributed by atoms with van der Waals surface area (Å²) in [5.41, 5.74) is 1.98. The number of pyridine rings is 1. The van der Waals surface area contributed by atoms with Gasteiger partial charge >= 0.3 is 5.97 Å². The number of aromatic amines is 1. The summed E-state index contributed by atoms with van der Waals surface area (Å²) in [6.45, 7) is 1.36. The Hall–Kier alpha value is -2.36. The lowest BCUT2D eigenvalue weighted by Gasteiger charge is -1.99. The van der Waals surface area contributed by atoms with Gasteiger partial charge in [-0.3, -0.25) is 4.79 Å². The highest BCUT2D eigenvalue weighted by Crippen LogP contribution is 2.26. The maximum absolute atomic E-state index is 10.9. The number of H-pyrrole nitrogens is 1. The van der Waals surface area contributed by atoms with E-state index in [-0.39, 0.29) is 5.97 Å². The molecule has 84 valence electrons. The maximum atomic E-state index is 10.9. The second-order valence-corrected chi connectivity index (χ2v) is 3.83. The van der Waals surface area contributed by atoms with Crippen LogP contribution < -0.4 is 4.74 Å². The van der Waals surface area contributed by atoms with E-state index in [1.807, 2.05) is 24.3 Å². The van der Waals surface area contributed by atoms with Gasteiger partial charge in [0.1, 0.15) is 0 Å². The Morgan fingerprint density at radius 1 is 1.24 bits per heavy atom. The molecule has 0 aliphatic rings. The molecule has 0 amide bonds. The van der Waals surface area contributed by atoms with Crippen LogP contribution in [0.15, 0.2) is 36.5 Å². The lowest BCUT2D eigenvalue weighted by Crippen LogP contribution is -2.02. The number of nitrogens with zero attached hydrogens (tertiary/aromatic N) is 1. The van der Waals surface area contributed by atoms with Crippen molar-refractivity contribution in [3.05, 3.63) is 36.5 Å². The fourth-order valence-electron chi connectivity index (χ4n) is 1.93. The quantitative estimate of drug-likeness (QED) is 0.649. The normalized spacial score (nSPS) is 10.9.